The molecule has 0 unspecified atom stereocenters. The third kappa shape index (κ3) is 5.55. The Hall–Kier alpha value is -4.24. The van der Waals surface area contributed by atoms with Crippen molar-refractivity contribution in [1.29, 1.82) is 0 Å². The van der Waals surface area contributed by atoms with Crippen molar-refractivity contribution in [3.05, 3.63) is 91.6 Å². The van der Waals surface area contributed by atoms with E-state index in [9.17, 15) is 14.7 Å². The first-order valence-electron chi connectivity index (χ1n) is 17.4. The molecule has 0 radical (unpaired) electrons. The average molecular weight is 655 g/mol. The summed E-state index contributed by atoms with van der Waals surface area (Å²) in [5, 5.41) is 19.4. The highest BCUT2D eigenvalue weighted by Crippen LogP contribution is 2.52. The lowest BCUT2D eigenvalue weighted by molar-refractivity contribution is -0.146. The molecule has 9 nitrogen and oxygen atoms in total. The maximum Gasteiger partial charge on any atom is 0.316 e. The average Bonchev–Trinajstić information content (AvgIpc) is 3.80. The number of hydrogen-bond acceptors (Lipinski definition) is 7. The zero-order valence-electron chi connectivity index (χ0n) is 29.5. The van der Waals surface area contributed by atoms with Crippen LogP contribution in [0.1, 0.15) is 105 Å². The molecule has 1 aliphatic carbocycles. The number of aromatic amines is 2. The monoisotopic (exact) mass is 654 g/mol. The maximum absolute atomic E-state index is 13.5. The van der Waals surface area contributed by atoms with Gasteiger partial charge in [0.05, 0.1) is 18.9 Å². The lowest BCUT2D eigenvalue weighted by atomic mass is 9.84. The fourth-order valence-corrected chi connectivity index (χ4v) is 8.37. The van der Waals surface area contributed by atoms with E-state index in [4.69, 9.17) is 9.47 Å². The topological polar surface area (TPSA) is 128 Å². The van der Waals surface area contributed by atoms with Crippen LogP contribution in [0.4, 0.5) is 0 Å². The molecule has 8 bridgehead atoms. The van der Waals surface area contributed by atoms with Crippen LogP contribution >= 0.6 is 0 Å². The largest absolute Gasteiger partial charge is 0.468 e. The number of aliphatic hydroxyl groups excluding tert-OH is 1. The summed E-state index contributed by atoms with van der Waals surface area (Å²) in [7, 11) is 1.36. The van der Waals surface area contributed by atoms with E-state index in [0.717, 1.165) is 63.8 Å². The molecule has 9 heteroatoms. The predicted octanol–water partition coefficient (Wildman–Crippen LogP) is 6.56. The number of allylic oxidation sites excluding steroid dienone is 5. The highest BCUT2D eigenvalue weighted by atomic mass is 16.5. The zero-order valence-corrected chi connectivity index (χ0v) is 29.5. The van der Waals surface area contributed by atoms with Crippen molar-refractivity contribution in [3.63, 3.8) is 0 Å². The molecule has 5 N–H and O–H groups in total. The Kier molecular flexibility index (Phi) is 9.35. The Morgan fingerprint density at radius 2 is 1.81 bits per heavy atom. The van der Waals surface area contributed by atoms with Gasteiger partial charge >= 0.3 is 11.9 Å². The van der Waals surface area contributed by atoms with E-state index in [1.165, 1.54) is 29.5 Å². The van der Waals surface area contributed by atoms with Gasteiger partial charge in [0.25, 0.3) is 0 Å². The Balaban J connectivity index is 1.57. The summed E-state index contributed by atoms with van der Waals surface area (Å²) in [4.78, 5) is 33.7. The summed E-state index contributed by atoms with van der Waals surface area (Å²) in [6.45, 7) is 15.1. The third-order valence-electron chi connectivity index (χ3n) is 11.1. The van der Waals surface area contributed by atoms with Crippen molar-refractivity contribution in [1.82, 2.24) is 20.6 Å². The van der Waals surface area contributed by atoms with Gasteiger partial charge in [0.15, 0.2) is 0 Å². The molecule has 1 saturated heterocycles. The molecule has 0 spiro atoms. The fourth-order valence-electron chi connectivity index (χ4n) is 8.37. The second-order valence-corrected chi connectivity index (χ2v) is 13.6. The highest BCUT2D eigenvalue weighted by Gasteiger charge is 2.48. The summed E-state index contributed by atoms with van der Waals surface area (Å²) < 4.78 is 10.8. The quantitative estimate of drug-likeness (QED) is 0.161. The number of methoxy groups -OCH3 is 1. The third-order valence-corrected chi connectivity index (χ3v) is 11.1. The van der Waals surface area contributed by atoms with E-state index in [-0.39, 0.29) is 36.8 Å². The lowest BCUT2D eigenvalue weighted by Gasteiger charge is -2.21. The molecule has 0 amide bonds. The molecule has 5 atom stereocenters. The van der Waals surface area contributed by atoms with E-state index in [1.807, 2.05) is 26.0 Å². The van der Waals surface area contributed by atoms with Crippen LogP contribution in [0, 0.1) is 37.5 Å². The first-order valence-corrected chi connectivity index (χ1v) is 17.4. The van der Waals surface area contributed by atoms with Crippen LogP contribution in [0.25, 0.3) is 11.6 Å². The van der Waals surface area contributed by atoms with Crippen molar-refractivity contribution in [2.24, 2.45) is 23.7 Å². The molecular formula is C39H50N4O5. The maximum atomic E-state index is 13.5. The first-order chi connectivity index (χ1) is 23.0. The molecule has 3 aliphatic heterocycles. The van der Waals surface area contributed by atoms with Crippen LogP contribution in [-0.4, -0.2) is 40.7 Å². The molecule has 5 heterocycles. The Bertz CT molecular complexity index is 1800. The number of esters is 2. The van der Waals surface area contributed by atoms with Crippen molar-refractivity contribution in [3.8, 4) is 0 Å². The zero-order chi connectivity index (χ0) is 34.4. The van der Waals surface area contributed by atoms with Crippen molar-refractivity contribution >= 4 is 23.6 Å². The molecule has 256 valence electrons. The summed E-state index contributed by atoms with van der Waals surface area (Å²) in [5.74, 6) is -1.54. The SMILES string of the molecule is C/C=C/COC(=O)CC[C@@H]1/C2=C3/c4[nH]c(c(C)c4[C@H](O)[C@@H]3C(=O)OC)Cc3[nH]c(c(C)c3CC)C=C3NC(=C(C)[C@H]3CC)/C=C(\N2)[C@H]1C. The van der Waals surface area contributed by atoms with Crippen molar-refractivity contribution < 1.29 is 24.2 Å². The summed E-state index contributed by atoms with van der Waals surface area (Å²) in [6, 6.07) is 0. The van der Waals surface area contributed by atoms with Gasteiger partial charge < -0.3 is 35.2 Å². The molecule has 2 aromatic heterocycles. The molecule has 0 aromatic carbocycles. The number of aromatic nitrogens is 2. The summed E-state index contributed by atoms with van der Waals surface area (Å²) >= 11 is 0. The number of fused-ring (bicyclic) bond motifs is 7. The van der Waals surface area contributed by atoms with Gasteiger partial charge in [0, 0.05) is 81.6 Å². The van der Waals surface area contributed by atoms with Gasteiger partial charge in [0.1, 0.15) is 12.5 Å². The van der Waals surface area contributed by atoms with Crippen LogP contribution in [0.3, 0.4) is 0 Å². The van der Waals surface area contributed by atoms with Crippen LogP contribution in [-0.2, 0) is 31.9 Å². The second kappa shape index (κ2) is 13.3. The second-order valence-electron chi connectivity index (χ2n) is 13.6. The minimum Gasteiger partial charge on any atom is -0.468 e. The number of aliphatic hydroxyl groups is 1. The molecule has 1 fully saturated rings. The van der Waals surface area contributed by atoms with Gasteiger partial charge in [-0.25, -0.2) is 0 Å². The smallest absolute Gasteiger partial charge is 0.316 e. The molecule has 2 aromatic rings. The van der Waals surface area contributed by atoms with Gasteiger partial charge in [-0.05, 0) is 81.4 Å². The van der Waals surface area contributed by atoms with Gasteiger partial charge in [-0.15, -0.1) is 0 Å². The Labute approximate surface area is 283 Å². The van der Waals surface area contributed by atoms with Gasteiger partial charge in [0.2, 0.25) is 0 Å². The Morgan fingerprint density at radius 3 is 2.50 bits per heavy atom. The van der Waals surface area contributed by atoms with E-state index in [1.54, 1.807) is 0 Å². The number of carbonyl (C=O) groups is 2. The molecule has 0 saturated carbocycles. The van der Waals surface area contributed by atoms with Crippen molar-refractivity contribution in [2.75, 3.05) is 13.7 Å². The fraction of sp³-hybridized carbons (Fsp3) is 0.487. The van der Waals surface area contributed by atoms with Gasteiger partial charge in [-0.2, -0.15) is 0 Å². The van der Waals surface area contributed by atoms with E-state index in [0.29, 0.717) is 18.4 Å². The number of carbonyl (C=O) groups excluding carboxylic acids is 2. The summed E-state index contributed by atoms with van der Waals surface area (Å²) in [5.41, 5.74) is 14.3. The predicted molar refractivity (Wildman–Crippen MR) is 187 cm³/mol. The van der Waals surface area contributed by atoms with Crippen LogP contribution < -0.4 is 10.6 Å². The number of ether oxygens (including phenoxy) is 2. The summed E-state index contributed by atoms with van der Waals surface area (Å²) in [6.07, 6.45) is 10.3. The first kappa shape index (κ1) is 33.7. The number of H-pyrrole nitrogens is 2. The minimum atomic E-state index is -1.07. The van der Waals surface area contributed by atoms with Crippen LogP contribution in [0.2, 0.25) is 0 Å². The van der Waals surface area contributed by atoms with Gasteiger partial charge in [-0.3, -0.25) is 9.59 Å². The van der Waals surface area contributed by atoms with Crippen LogP contribution in [0.15, 0.2) is 46.6 Å². The van der Waals surface area contributed by atoms with E-state index in [2.05, 4.69) is 67.4 Å². The molecule has 6 rings (SSSR count). The van der Waals surface area contributed by atoms with E-state index >= 15 is 0 Å². The lowest BCUT2D eigenvalue weighted by Crippen LogP contribution is -2.24. The number of nitrogens with one attached hydrogen (secondary N) is 4. The van der Waals surface area contributed by atoms with Crippen LogP contribution in [0.5, 0.6) is 0 Å². The highest BCUT2D eigenvalue weighted by molar-refractivity contribution is 5.94. The Morgan fingerprint density at radius 1 is 1.04 bits per heavy atom. The minimum absolute atomic E-state index is 0.00310. The normalized spacial score (nSPS) is 27.1. The number of rotatable bonds is 8. The molecule has 48 heavy (non-hydrogen) atoms. The van der Waals surface area contributed by atoms with E-state index < -0.39 is 18.0 Å². The molecule has 4 aliphatic rings. The number of hydrogen-bond donors (Lipinski definition) is 5. The molecular weight excluding hydrogens is 604 g/mol. The van der Waals surface area contributed by atoms with Gasteiger partial charge in [-0.1, -0.05) is 32.9 Å². The standard InChI is InChI=1S/C39H50N4O5/c1-9-12-15-48-32(44)14-13-25-21(6)28-16-26-19(4)23(10-2)30(40-26)17-27-20(5)24(11-3)31(41-27)18-29-22(7)33-37(43-29)34(36(25)42-28)35(38(33)45)39(46)47-8/h9,12,16-17,21,23,25,35,38,40-43,45H,10-11,13-15,18H2,1-8H3/b12-9+,28-16-,30-17?,36-34-/t21-,23+,25-,35+,38-/m0/s1. The van der Waals surface area contributed by atoms with Crippen molar-refractivity contribution in [2.45, 2.75) is 86.7 Å².